The molecular weight excluding hydrogens is 288 g/mol. The molecule has 0 aliphatic rings. The predicted octanol–water partition coefficient (Wildman–Crippen LogP) is 3.78. The first-order chi connectivity index (χ1) is 11.2. The number of amides is 1. The van der Waals surface area contributed by atoms with Gasteiger partial charge in [0, 0.05) is 11.3 Å². The van der Waals surface area contributed by atoms with Crippen molar-refractivity contribution in [1.29, 1.82) is 0 Å². The van der Waals surface area contributed by atoms with E-state index in [2.05, 4.69) is 20.8 Å². The van der Waals surface area contributed by atoms with Crippen molar-refractivity contribution in [1.82, 2.24) is 10.2 Å². The van der Waals surface area contributed by atoms with Gasteiger partial charge in [-0.2, -0.15) is 0 Å². The molecule has 0 atom stereocenters. The van der Waals surface area contributed by atoms with E-state index in [0.29, 0.717) is 17.2 Å². The number of benzene rings is 2. The zero-order chi connectivity index (χ0) is 16.1. The zero-order valence-corrected chi connectivity index (χ0v) is 12.7. The van der Waals surface area contributed by atoms with Crippen molar-refractivity contribution < 1.29 is 4.79 Å². The normalized spacial score (nSPS) is 10.1. The highest BCUT2D eigenvalue weighted by Crippen LogP contribution is 2.14. The Morgan fingerprint density at radius 1 is 0.826 bits per heavy atom. The quantitative estimate of drug-likeness (QED) is 0.769. The molecule has 0 spiro atoms. The zero-order valence-electron chi connectivity index (χ0n) is 12.7. The second kappa shape index (κ2) is 6.70. The van der Waals surface area contributed by atoms with Gasteiger partial charge in [-0.1, -0.05) is 35.9 Å². The number of aryl methyl sites for hydroxylation is 1. The number of hydrogen-bond donors (Lipinski definition) is 2. The first-order valence-electron chi connectivity index (χ1n) is 7.24. The van der Waals surface area contributed by atoms with Crippen LogP contribution < -0.4 is 10.6 Å². The molecule has 0 aliphatic heterocycles. The minimum Gasteiger partial charge on any atom is -0.339 e. The molecule has 1 amide bonds. The number of nitrogens with one attached hydrogen (secondary N) is 2. The Morgan fingerprint density at radius 3 is 2.13 bits per heavy atom. The van der Waals surface area contributed by atoms with Crippen LogP contribution in [0.4, 0.5) is 17.3 Å². The lowest BCUT2D eigenvalue weighted by Gasteiger charge is -2.07. The number of para-hydroxylation sites is 1. The fourth-order valence-corrected chi connectivity index (χ4v) is 2.03. The maximum Gasteiger partial charge on any atom is 0.256 e. The van der Waals surface area contributed by atoms with Crippen molar-refractivity contribution in [2.75, 3.05) is 10.6 Å². The summed E-state index contributed by atoms with van der Waals surface area (Å²) < 4.78 is 0. The van der Waals surface area contributed by atoms with Gasteiger partial charge in [-0.05, 0) is 43.3 Å². The summed E-state index contributed by atoms with van der Waals surface area (Å²) in [6.07, 6.45) is 0. The van der Waals surface area contributed by atoms with Crippen LogP contribution >= 0.6 is 0 Å². The summed E-state index contributed by atoms with van der Waals surface area (Å²) in [4.78, 5) is 12.1. The van der Waals surface area contributed by atoms with E-state index in [4.69, 9.17) is 0 Å². The first-order valence-corrected chi connectivity index (χ1v) is 7.24. The van der Waals surface area contributed by atoms with Crippen molar-refractivity contribution in [2.24, 2.45) is 0 Å². The molecule has 2 aromatic carbocycles. The monoisotopic (exact) mass is 304 g/mol. The van der Waals surface area contributed by atoms with Gasteiger partial charge < -0.3 is 10.6 Å². The van der Waals surface area contributed by atoms with Gasteiger partial charge in [0.2, 0.25) is 0 Å². The fourth-order valence-electron chi connectivity index (χ4n) is 2.03. The topological polar surface area (TPSA) is 66.9 Å². The van der Waals surface area contributed by atoms with Gasteiger partial charge in [0.05, 0.1) is 0 Å². The maximum absolute atomic E-state index is 12.1. The Balaban J connectivity index is 1.65. The average Bonchev–Trinajstić information content (AvgIpc) is 2.58. The molecule has 1 heterocycles. The molecule has 3 aromatic rings. The summed E-state index contributed by atoms with van der Waals surface area (Å²) in [5, 5.41) is 13.9. The van der Waals surface area contributed by atoms with Crippen LogP contribution in [0, 0.1) is 6.92 Å². The third-order valence-corrected chi connectivity index (χ3v) is 3.27. The van der Waals surface area contributed by atoms with Gasteiger partial charge in [0.1, 0.15) is 0 Å². The van der Waals surface area contributed by atoms with E-state index >= 15 is 0 Å². The molecule has 114 valence electrons. The Kier molecular flexibility index (Phi) is 4.29. The molecule has 0 bridgehead atoms. The SMILES string of the molecule is Cc1ccc(C(=O)Nc2ccc(Nc3ccccc3)nn2)cc1. The van der Waals surface area contributed by atoms with Crippen LogP contribution in [-0.2, 0) is 0 Å². The van der Waals surface area contributed by atoms with Crippen molar-refractivity contribution in [2.45, 2.75) is 6.92 Å². The molecule has 2 N–H and O–H groups in total. The van der Waals surface area contributed by atoms with E-state index in [1.54, 1.807) is 24.3 Å². The van der Waals surface area contributed by atoms with Crippen LogP contribution in [0.5, 0.6) is 0 Å². The average molecular weight is 304 g/mol. The first kappa shape index (κ1) is 14.7. The Labute approximate surface area is 134 Å². The van der Waals surface area contributed by atoms with Gasteiger partial charge in [-0.3, -0.25) is 4.79 Å². The predicted molar refractivity (Wildman–Crippen MR) is 90.9 cm³/mol. The maximum atomic E-state index is 12.1. The minimum atomic E-state index is -0.205. The van der Waals surface area contributed by atoms with Crippen LogP contribution in [0.25, 0.3) is 0 Å². The number of rotatable bonds is 4. The fraction of sp³-hybridized carbons (Fsp3) is 0.0556. The van der Waals surface area contributed by atoms with E-state index in [9.17, 15) is 4.79 Å². The van der Waals surface area contributed by atoms with Crippen LogP contribution in [0.2, 0.25) is 0 Å². The smallest absolute Gasteiger partial charge is 0.256 e. The lowest BCUT2D eigenvalue weighted by molar-refractivity contribution is 0.102. The summed E-state index contributed by atoms with van der Waals surface area (Å²) in [6.45, 7) is 1.98. The Bertz CT molecular complexity index is 784. The lowest BCUT2D eigenvalue weighted by Crippen LogP contribution is -2.13. The molecule has 0 saturated carbocycles. The molecule has 5 heteroatoms. The minimum absolute atomic E-state index is 0.205. The van der Waals surface area contributed by atoms with Crippen LogP contribution in [-0.4, -0.2) is 16.1 Å². The highest BCUT2D eigenvalue weighted by Gasteiger charge is 2.07. The molecular formula is C18H16N4O. The summed E-state index contributed by atoms with van der Waals surface area (Å²) in [5.74, 6) is 0.821. The molecule has 0 fully saturated rings. The third-order valence-electron chi connectivity index (χ3n) is 3.27. The Hall–Kier alpha value is -3.21. The van der Waals surface area contributed by atoms with E-state index in [1.807, 2.05) is 49.4 Å². The molecule has 0 aliphatic carbocycles. The highest BCUT2D eigenvalue weighted by atomic mass is 16.1. The second-order valence-electron chi connectivity index (χ2n) is 5.11. The molecule has 1 aromatic heterocycles. The van der Waals surface area contributed by atoms with Gasteiger partial charge in [-0.15, -0.1) is 10.2 Å². The van der Waals surface area contributed by atoms with Crippen molar-refractivity contribution in [3.63, 3.8) is 0 Å². The van der Waals surface area contributed by atoms with Gasteiger partial charge in [0.25, 0.3) is 5.91 Å². The molecule has 3 rings (SSSR count). The van der Waals surface area contributed by atoms with E-state index in [-0.39, 0.29) is 5.91 Å². The molecule has 0 radical (unpaired) electrons. The molecule has 5 nitrogen and oxygen atoms in total. The second-order valence-corrected chi connectivity index (χ2v) is 5.11. The van der Waals surface area contributed by atoms with Crippen LogP contribution in [0.3, 0.4) is 0 Å². The summed E-state index contributed by atoms with van der Waals surface area (Å²) in [7, 11) is 0. The lowest BCUT2D eigenvalue weighted by atomic mass is 10.1. The van der Waals surface area contributed by atoms with E-state index < -0.39 is 0 Å². The summed E-state index contributed by atoms with van der Waals surface area (Å²) in [6, 6.07) is 20.5. The number of carbonyl (C=O) groups excluding carboxylic acids is 1. The molecule has 0 saturated heterocycles. The highest BCUT2D eigenvalue weighted by molar-refractivity contribution is 6.03. The number of carbonyl (C=O) groups is 1. The van der Waals surface area contributed by atoms with E-state index in [1.165, 1.54) is 0 Å². The summed E-state index contributed by atoms with van der Waals surface area (Å²) in [5.41, 5.74) is 2.62. The number of hydrogen-bond acceptors (Lipinski definition) is 4. The summed E-state index contributed by atoms with van der Waals surface area (Å²) >= 11 is 0. The van der Waals surface area contributed by atoms with Crippen LogP contribution in [0.15, 0.2) is 66.7 Å². The number of anilines is 3. The van der Waals surface area contributed by atoms with Crippen LogP contribution in [0.1, 0.15) is 15.9 Å². The molecule has 0 unspecified atom stereocenters. The molecule has 23 heavy (non-hydrogen) atoms. The van der Waals surface area contributed by atoms with Crippen molar-refractivity contribution >= 4 is 23.2 Å². The number of nitrogens with zero attached hydrogens (tertiary/aromatic N) is 2. The third kappa shape index (κ3) is 3.91. The van der Waals surface area contributed by atoms with Crippen molar-refractivity contribution in [3.05, 3.63) is 77.9 Å². The van der Waals surface area contributed by atoms with E-state index in [0.717, 1.165) is 11.3 Å². The standard InChI is InChI=1S/C18H16N4O/c1-13-7-9-14(10-8-13)18(23)20-17-12-11-16(21-22-17)19-15-5-3-2-4-6-15/h2-12H,1H3,(H,19,21)(H,20,22,23). The Morgan fingerprint density at radius 2 is 1.48 bits per heavy atom. The number of aromatic nitrogens is 2. The van der Waals surface area contributed by atoms with Gasteiger partial charge in [-0.25, -0.2) is 0 Å². The largest absolute Gasteiger partial charge is 0.339 e. The van der Waals surface area contributed by atoms with Crippen molar-refractivity contribution in [3.8, 4) is 0 Å². The van der Waals surface area contributed by atoms with Gasteiger partial charge in [0.15, 0.2) is 11.6 Å². The van der Waals surface area contributed by atoms with Gasteiger partial charge >= 0.3 is 0 Å².